The van der Waals surface area contributed by atoms with Crippen LogP contribution in [0.2, 0.25) is 0 Å². The van der Waals surface area contributed by atoms with Crippen molar-refractivity contribution in [1.82, 2.24) is 20.2 Å². The topological polar surface area (TPSA) is 72.7 Å². The van der Waals surface area contributed by atoms with Gasteiger partial charge in [0.25, 0.3) is 0 Å². The first-order chi connectivity index (χ1) is 12.0. The van der Waals surface area contributed by atoms with Crippen LogP contribution in [0.15, 0.2) is 42.5 Å². The molecule has 2 aromatic carbocycles. The molecule has 0 unspecified atom stereocenters. The molecule has 3 rings (SSSR count). The summed E-state index contributed by atoms with van der Waals surface area (Å²) in [5.74, 6) is 0.329. The SMILES string of the molecule is CCc1ccc(-c2nnn(CC(=O)Nc3ccc(C)c(C)c3)n2)cc1. The Morgan fingerprint density at radius 3 is 2.52 bits per heavy atom. The fourth-order valence-electron chi connectivity index (χ4n) is 2.46. The van der Waals surface area contributed by atoms with E-state index in [4.69, 9.17) is 0 Å². The second-order valence-electron chi connectivity index (χ2n) is 6.04. The van der Waals surface area contributed by atoms with Gasteiger partial charge < -0.3 is 5.32 Å². The van der Waals surface area contributed by atoms with Gasteiger partial charge in [0.15, 0.2) is 0 Å². The monoisotopic (exact) mass is 335 g/mol. The molecule has 1 amide bonds. The number of anilines is 1. The van der Waals surface area contributed by atoms with Gasteiger partial charge in [-0.2, -0.15) is 4.80 Å². The first kappa shape index (κ1) is 16.8. The zero-order valence-corrected chi connectivity index (χ0v) is 14.7. The molecule has 0 spiro atoms. The minimum atomic E-state index is -0.187. The maximum absolute atomic E-state index is 12.2. The molecule has 0 aliphatic rings. The molecule has 25 heavy (non-hydrogen) atoms. The van der Waals surface area contributed by atoms with Crippen molar-refractivity contribution in [2.75, 3.05) is 5.32 Å². The van der Waals surface area contributed by atoms with Crippen LogP contribution in [-0.4, -0.2) is 26.1 Å². The number of hydrogen-bond acceptors (Lipinski definition) is 4. The lowest BCUT2D eigenvalue weighted by Gasteiger charge is -2.07. The first-order valence-electron chi connectivity index (χ1n) is 8.29. The minimum Gasteiger partial charge on any atom is -0.324 e. The number of nitrogens with one attached hydrogen (secondary N) is 1. The summed E-state index contributed by atoms with van der Waals surface area (Å²) in [4.78, 5) is 13.5. The Morgan fingerprint density at radius 2 is 1.84 bits per heavy atom. The predicted molar refractivity (Wildman–Crippen MR) is 97.2 cm³/mol. The van der Waals surface area contributed by atoms with Crippen LogP contribution in [-0.2, 0) is 17.8 Å². The summed E-state index contributed by atoms with van der Waals surface area (Å²) in [5.41, 5.74) is 5.23. The number of tetrazole rings is 1. The lowest BCUT2D eigenvalue weighted by Crippen LogP contribution is -2.20. The maximum Gasteiger partial charge on any atom is 0.248 e. The third-order valence-corrected chi connectivity index (χ3v) is 4.15. The van der Waals surface area contributed by atoms with Crippen molar-refractivity contribution in [2.45, 2.75) is 33.7 Å². The molecule has 0 fully saturated rings. The largest absolute Gasteiger partial charge is 0.324 e. The van der Waals surface area contributed by atoms with Gasteiger partial charge in [0, 0.05) is 11.3 Å². The van der Waals surface area contributed by atoms with Gasteiger partial charge in [-0.1, -0.05) is 37.3 Å². The van der Waals surface area contributed by atoms with E-state index >= 15 is 0 Å². The fraction of sp³-hybridized carbons (Fsp3) is 0.263. The quantitative estimate of drug-likeness (QED) is 0.777. The minimum absolute atomic E-state index is 0.0208. The van der Waals surface area contributed by atoms with E-state index in [0.717, 1.165) is 23.2 Å². The van der Waals surface area contributed by atoms with Crippen LogP contribution in [0, 0.1) is 13.8 Å². The second-order valence-corrected chi connectivity index (χ2v) is 6.04. The summed E-state index contributed by atoms with van der Waals surface area (Å²) in [6.07, 6.45) is 0.985. The molecule has 6 nitrogen and oxygen atoms in total. The third kappa shape index (κ3) is 4.09. The highest BCUT2D eigenvalue weighted by Gasteiger charge is 2.10. The standard InChI is InChI=1S/C19H21N5O/c1-4-15-6-8-16(9-7-15)19-21-23-24(22-19)12-18(25)20-17-10-5-13(2)14(3)11-17/h5-11H,4,12H2,1-3H3,(H,20,25). The van der Waals surface area contributed by atoms with Gasteiger partial charge in [-0.3, -0.25) is 4.79 Å². The molecule has 128 valence electrons. The fourth-order valence-corrected chi connectivity index (χ4v) is 2.46. The van der Waals surface area contributed by atoms with Crippen molar-refractivity contribution >= 4 is 11.6 Å². The van der Waals surface area contributed by atoms with Crippen molar-refractivity contribution in [1.29, 1.82) is 0 Å². The molecule has 0 saturated heterocycles. The highest BCUT2D eigenvalue weighted by molar-refractivity contribution is 5.90. The van der Waals surface area contributed by atoms with E-state index in [1.807, 2.05) is 56.3 Å². The van der Waals surface area contributed by atoms with Crippen molar-refractivity contribution in [3.05, 3.63) is 59.2 Å². The average molecular weight is 335 g/mol. The Kier molecular flexibility index (Phi) is 4.88. The number of aromatic nitrogens is 4. The normalized spacial score (nSPS) is 10.7. The number of carbonyl (C=O) groups is 1. The van der Waals surface area contributed by atoms with Crippen LogP contribution < -0.4 is 5.32 Å². The number of hydrogen-bond donors (Lipinski definition) is 1. The summed E-state index contributed by atoms with van der Waals surface area (Å²) in [7, 11) is 0. The summed E-state index contributed by atoms with van der Waals surface area (Å²) < 4.78 is 0. The van der Waals surface area contributed by atoms with Gasteiger partial charge in [-0.05, 0) is 54.3 Å². The van der Waals surface area contributed by atoms with Crippen molar-refractivity contribution in [2.24, 2.45) is 0 Å². The van der Waals surface area contributed by atoms with Crippen LogP contribution >= 0.6 is 0 Å². The molecule has 1 aromatic heterocycles. The Morgan fingerprint density at radius 1 is 1.08 bits per heavy atom. The second kappa shape index (κ2) is 7.25. The predicted octanol–water partition coefficient (Wildman–Crippen LogP) is 3.16. The van der Waals surface area contributed by atoms with Gasteiger partial charge in [0.1, 0.15) is 6.54 Å². The van der Waals surface area contributed by atoms with E-state index in [1.54, 1.807) is 0 Å². The van der Waals surface area contributed by atoms with Crippen LogP contribution in [0.1, 0.15) is 23.6 Å². The molecular formula is C19H21N5O. The molecule has 1 N–H and O–H groups in total. The van der Waals surface area contributed by atoms with Gasteiger partial charge in [0.2, 0.25) is 11.7 Å². The summed E-state index contributed by atoms with van der Waals surface area (Å²) in [6.45, 7) is 6.18. The van der Waals surface area contributed by atoms with E-state index in [1.165, 1.54) is 15.9 Å². The molecule has 0 aliphatic heterocycles. The smallest absolute Gasteiger partial charge is 0.248 e. The molecule has 1 heterocycles. The average Bonchev–Trinajstić information content (AvgIpc) is 3.06. The number of amides is 1. The molecule has 0 radical (unpaired) electrons. The molecule has 6 heteroatoms. The molecule has 3 aromatic rings. The highest BCUT2D eigenvalue weighted by Crippen LogP contribution is 2.15. The van der Waals surface area contributed by atoms with Gasteiger partial charge >= 0.3 is 0 Å². The highest BCUT2D eigenvalue weighted by atomic mass is 16.2. The number of nitrogens with zero attached hydrogens (tertiary/aromatic N) is 4. The Bertz CT molecular complexity index is 883. The van der Waals surface area contributed by atoms with Crippen LogP contribution in [0.5, 0.6) is 0 Å². The molecule has 0 saturated carbocycles. The van der Waals surface area contributed by atoms with Crippen molar-refractivity contribution in [3.8, 4) is 11.4 Å². The Hall–Kier alpha value is -3.02. The summed E-state index contributed by atoms with van der Waals surface area (Å²) in [6, 6.07) is 13.8. The van der Waals surface area contributed by atoms with E-state index in [9.17, 15) is 4.79 Å². The zero-order valence-electron chi connectivity index (χ0n) is 14.7. The molecule has 0 aliphatic carbocycles. The molecular weight excluding hydrogens is 314 g/mol. The van der Waals surface area contributed by atoms with Crippen LogP contribution in [0.25, 0.3) is 11.4 Å². The first-order valence-corrected chi connectivity index (χ1v) is 8.29. The van der Waals surface area contributed by atoms with E-state index in [0.29, 0.717) is 5.82 Å². The van der Waals surface area contributed by atoms with Crippen LogP contribution in [0.3, 0.4) is 0 Å². The lowest BCUT2D eigenvalue weighted by atomic mass is 10.1. The van der Waals surface area contributed by atoms with E-state index < -0.39 is 0 Å². The van der Waals surface area contributed by atoms with Crippen molar-refractivity contribution < 1.29 is 4.79 Å². The molecule has 0 atom stereocenters. The number of carbonyl (C=O) groups excluding carboxylic acids is 1. The third-order valence-electron chi connectivity index (χ3n) is 4.15. The zero-order chi connectivity index (χ0) is 17.8. The van der Waals surface area contributed by atoms with E-state index in [2.05, 4.69) is 27.7 Å². The molecule has 0 bridgehead atoms. The van der Waals surface area contributed by atoms with Crippen molar-refractivity contribution in [3.63, 3.8) is 0 Å². The summed E-state index contributed by atoms with van der Waals surface area (Å²) >= 11 is 0. The van der Waals surface area contributed by atoms with Gasteiger partial charge in [-0.25, -0.2) is 0 Å². The van der Waals surface area contributed by atoms with Gasteiger partial charge in [-0.15, -0.1) is 10.2 Å². The summed E-state index contributed by atoms with van der Waals surface area (Å²) in [5, 5.41) is 15.1. The van der Waals surface area contributed by atoms with Crippen LogP contribution in [0.4, 0.5) is 5.69 Å². The number of rotatable bonds is 5. The number of aryl methyl sites for hydroxylation is 3. The Balaban J connectivity index is 1.65. The Labute approximate surface area is 146 Å². The number of benzene rings is 2. The maximum atomic E-state index is 12.2. The van der Waals surface area contributed by atoms with E-state index in [-0.39, 0.29) is 12.5 Å². The van der Waals surface area contributed by atoms with Gasteiger partial charge in [0.05, 0.1) is 0 Å². The lowest BCUT2D eigenvalue weighted by molar-refractivity contribution is -0.117.